The number of para-hydroxylation sites is 1. The van der Waals surface area contributed by atoms with Crippen LogP contribution in [0.3, 0.4) is 0 Å². The highest BCUT2D eigenvalue weighted by Crippen LogP contribution is 2.38. The van der Waals surface area contributed by atoms with Crippen LogP contribution in [0, 0.1) is 5.92 Å². The van der Waals surface area contributed by atoms with Gasteiger partial charge >= 0.3 is 0 Å². The van der Waals surface area contributed by atoms with Crippen molar-refractivity contribution in [2.24, 2.45) is 5.92 Å². The second kappa shape index (κ2) is 6.52. The first kappa shape index (κ1) is 16.3. The average molecular weight is 316 g/mol. The molecule has 1 aromatic rings. The minimum atomic E-state index is -0.0263. The second-order valence-corrected chi connectivity index (χ2v) is 7.28. The van der Waals surface area contributed by atoms with Gasteiger partial charge < -0.3 is 14.5 Å². The van der Waals surface area contributed by atoms with Gasteiger partial charge in [0, 0.05) is 31.7 Å². The molecule has 2 saturated heterocycles. The standard InChI is InChI=1S/C19H28N2O2/c1-15(2)18(22)21-11-9-19(10-12-21)13-17(14-23-19)20(3)16-7-5-4-6-8-16/h4-8,15,17H,9-14H2,1-3H3/t17-/m0/s1. The molecule has 126 valence electrons. The molecule has 0 radical (unpaired) electrons. The van der Waals surface area contributed by atoms with E-state index >= 15 is 0 Å². The summed E-state index contributed by atoms with van der Waals surface area (Å²) < 4.78 is 6.25. The summed E-state index contributed by atoms with van der Waals surface area (Å²) in [6, 6.07) is 10.9. The highest BCUT2D eigenvalue weighted by Gasteiger charge is 2.44. The molecule has 0 aliphatic carbocycles. The van der Waals surface area contributed by atoms with Crippen molar-refractivity contribution >= 4 is 11.6 Å². The van der Waals surface area contributed by atoms with Crippen LogP contribution in [0.1, 0.15) is 33.1 Å². The summed E-state index contributed by atoms with van der Waals surface area (Å²) in [5.41, 5.74) is 1.21. The summed E-state index contributed by atoms with van der Waals surface area (Å²) in [5.74, 6) is 0.362. The van der Waals surface area contributed by atoms with E-state index in [1.165, 1.54) is 5.69 Å². The zero-order chi connectivity index (χ0) is 16.4. The summed E-state index contributed by atoms with van der Waals surface area (Å²) >= 11 is 0. The van der Waals surface area contributed by atoms with Gasteiger partial charge in [0.25, 0.3) is 0 Å². The maximum absolute atomic E-state index is 12.1. The molecule has 0 N–H and O–H groups in total. The van der Waals surface area contributed by atoms with Crippen molar-refractivity contribution in [3.05, 3.63) is 30.3 Å². The average Bonchev–Trinajstić information content (AvgIpc) is 2.99. The SMILES string of the molecule is CC(C)C(=O)N1CCC2(CC1)C[C@H](N(C)c1ccccc1)CO2. The Kier molecular flexibility index (Phi) is 4.62. The predicted octanol–water partition coefficient (Wildman–Crippen LogP) is 2.93. The number of hydrogen-bond acceptors (Lipinski definition) is 3. The summed E-state index contributed by atoms with van der Waals surface area (Å²) in [4.78, 5) is 16.5. The Balaban J connectivity index is 1.59. The van der Waals surface area contributed by atoms with Crippen LogP contribution in [-0.2, 0) is 9.53 Å². The monoisotopic (exact) mass is 316 g/mol. The van der Waals surface area contributed by atoms with Gasteiger partial charge in [0.1, 0.15) is 0 Å². The first-order valence-corrected chi connectivity index (χ1v) is 8.71. The molecule has 0 unspecified atom stereocenters. The molecule has 2 aliphatic rings. The van der Waals surface area contributed by atoms with Crippen LogP contribution in [0.15, 0.2) is 30.3 Å². The number of carbonyl (C=O) groups is 1. The Morgan fingerprint density at radius 2 is 1.91 bits per heavy atom. The number of rotatable bonds is 3. The van der Waals surface area contributed by atoms with Crippen molar-refractivity contribution in [3.63, 3.8) is 0 Å². The molecule has 2 fully saturated rings. The molecule has 2 aliphatic heterocycles. The third-order valence-corrected chi connectivity index (χ3v) is 5.38. The highest BCUT2D eigenvalue weighted by molar-refractivity contribution is 5.78. The fraction of sp³-hybridized carbons (Fsp3) is 0.632. The molecule has 4 heteroatoms. The number of likely N-dealkylation sites (N-methyl/N-ethyl adjacent to an activating group) is 1. The van der Waals surface area contributed by atoms with E-state index in [9.17, 15) is 4.79 Å². The molecule has 0 aromatic heterocycles. The third kappa shape index (κ3) is 3.37. The molecule has 4 nitrogen and oxygen atoms in total. The highest BCUT2D eigenvalue weighted by atomic mass is 16.5. The van der Waals surface area contributed by atoms with E-state index in [1.54, 1.807) is 0 Å². The van der Waals surface area contributed by atoms with Crippen molar-refractivity contribution < 1.29 is 9.53 Å². The Hall–Kier alpha value is -1.55. The molecule has 1 aromatic carbocycles. The molecule has 3 rings (SSSR count). The van der Waals surface area contributed by atoms with Crippen molar-refractivity contribution in [1.29, 1.82) is 0 Å². The fourth-order valence-corrected chi connectivity index (χ4v) is 3.79. The number of piperidine rings is 1. The van der Waals surface area contributed by atoms with Crippen LogP contribution in [0.4, 0.5) is 5.69 Å². The van der Waals surface area contributed by atoms with E-state index in [0.29, 0.717) is 6.04 Å². The van der Waals surface area contributed by atoms with E-state index in [0.717, 1.165) is 39.0 Å². The van der Waals surface area contributed by atoms with E-state index in [-0.39, 0.29) is 17.4 Å². The Bertz CT molecular complexity index is 536. The number of nitrogens with zero attached hydrogens (tertiary/aromatic N) is 2. The lowest BCUT2D eigenvalue weighted by molar-refractivity contribution is -0.139. The molecule has 0 bridgehead atoms. The van der Waals surface area contributed by atoms with E-state index in [4.69, 9.17) is 4.74 Å². The molecule has 1 atom stereocenters. The number of benzene rings is 1. The molecule has 1 spiro atoms. The summed E-state index contributed by atoms with van der Waals surface area (Å²) in [6.45, 7) is 6.40. The minimum absolute atomic E-state index is 0.0263. The number of ether oxygens (including phenoxy) is 1. The van der Waals surface area contributed by atoms with Gasteiger partial charge in [-0.25, -0.2) is 0 Å². The van der Waals surface area contributed by atoms with Gasteiger partial charge in [-0.15, -0.1) is 0 Å². The van der Waals surface area contributed by atoms with E-state index in [1.807, 2.05) is 24.8 Å². The molecule has 23 heavy (non-hydrogen) atoms. The third-order valence-electron chi connectivity index (χ3n) is 5.38. The van der Waals surface area contributed by atoms with Gasteiger partial charge in [-0.2, -0.15) is 0 Å². The zero-order valence-corrected chi connectivity index (χ0v) is 14.5. The van der Waals surface area contributed by atoms with Crippen LogP contribution in [0.5, 0.6) is 0 Å². The maximum Gasteiger partial charge on any atom is 0.225 e. The fourth-order valence-electron chi connectivity index (χ4n) is 3.79. The van der Waals surface area contributed by atoms with Gasteiger partial charge in [0.2, 0.25) is 5.91 Å². The summed E-state index contributed by atoms with van der Waals surface area (Å²) in [6.07, 6.45) is 2.98. The predicted molar refractivity (Wildman–Crippen MR) is 92.6 cm³/mol. The summed E-state index contributed by atoms with van der Waals surface area (Å²) in [7, 11) is 2.15. The zero-order valence-electron chi connectivity index (χ0n) is 14.5. The van der Waals surface area contributed by atoms with Gasteiger partial charge in [-0.05, 0) is 31.4 Å². The van der Waals surface area contributed by atoms with Crippen LogP contribution in [0.2, 0.25) is 0 Å². The lowest BCUT2D eigenvalue weighted by Gasteiger charge is -2.39. The number of likely N-dealkylation sites (tertiary alicyclic amines) is 1. The number of carbonyl (C=O) groups excluding carboxylic acids is 1. The topological polar surface area (TPSA) is 32.8 Å². The van der Waals surface area contributed by atoms with Crippen molar-refractivity contribution in [1.82, 2.24) is 4.90 Å². The van der Waals surface area contributed by atoms with Gasteiger partial charge in [0.05, 0.1) is 18.2 Å². The molecular weight excluding hydrogens is 288 g/mol. The lowest BCUT2D eigenvalue weighted by Crippen LogP contribution is -2.48. The first-order valence-electron chi connectivity index (χ1n) is 8.71. The number of amides is 1. The molecule has 1 amide bonds. The maximum atomic E-state index is 12.1. The lowest BCUT2D eigenvalue weighted by atomic mass is 9.86. The van der Waals surface area contributed by atoms with Crippen LogP contribution in [0.25, 0.3) is 0 Å². The van der Waals surface area contributed by atoms with Gasteiger partial charge in [0.15, 0.2) is 0 Å². The van der Waals surface area contributed by atoms with Gasteiger partial charge in [-0.1, -0.05) is 32.0 Å². The second-order valence-electron chi connectivity index (χ2n) is 7.28. The van der Waals surface area contributed by atoms with E-state index in [2.05, 4.69) is 36.2 Å². The normalized spacial score (nSPS) is 23.5. The van der Waals surface area contributed by atoms with Crippen molar-refractivity contribution in [2.45, 2.75) is 44.8 Å². The van der Waals surface area contributed by atoms with Crippen LogP contribution in [-0.4, -0.2) is 49.2 Å². The van der Waals surface area contributed by atoms with Crippen molar-refractivity contribution in [3.8, 4) is 0 Å². The minimum Gasteiger partial charge on any atom is -0.373 e. The first-order chi connectivity index (χ1) is 11.0. The Morgan fingerprint density at radius 1 is 1.26 bits per heavy atom. The number of hydrogen-bond donors (Lipinski definition) is 0. The van der Waals surface area contributed by atoms with Crippen molar-refractivity contribution in [2.75, 3.05) is 31.6 Å². The van der Waals surface area contributed by atoms with Crippen LogP contribution < -0.4 is 4.90 Å². The quantitative estimate of drug-likeness (QED) is 0.859. The largest absolute Gasteiger partial charge is 0.373 e. The van der Waals surface area contributed by atoms with E-state index < -0.39 is 0 Å². The van der Waals surface area contributed by atoms with Gasteiger partial charge in [-0.3, -0.25) is 4.79 Å². The Labute approximate surface area is 139 Å². The van der Waals surface area contributed by atoms with Crippen LogP contribution >= 0.6 is 0 Å². The number of anilines is 1. The Morgan fingerprint density at radius 3 is 2.52 bits per heavy atom. The molecule has 2 heterocycles. The summed E-state index contributed by atoms with van der Waals surface area (Å²) in [5, 5.41) is 0. The molecule has 0 saturated carbocycles. The molecular formula is C19H28N2O2. The smallest absolute Gasteiger partial charge is 0.225 e.